The zero-order chi connectivity index (χ0) is 15.8. The molecule has 5 heteroatoms. The van der Waals surface area contributed by atoms with E-state index in [0.717, 1.165) is 12.8 Å². The van der Waals surface area contributed by atoms with Crippen molar-refractivity contribution in [2.24, 2.45) is 0 Å². The summed E-state index contributed by atoms with van der Waals surface area (Å²) in [7, 11) is 0. The molecular weight excluding hydrogens is 281 g/mol. The summed E-state index contributed by atoms with van der Waals surface area (Å²) in [5, 5.41) is 5.89. The predicted octanol–water partition coefficient (Wildman–Crippen LogP) is 3.36. The topological polar surface area (TPSA) is 54.0 Å². The number of benzene rings is 1. The van der Waals surface area contributed by atoms with Crippen LogP contribution in [0.3, 0.4) is 0 Å². The van der Waals surface area contributed by atoms with Gasteiger partial charge in [0, 0.05) is 30.4 Å². The van der Waals surface area contributed by atoms with E-state index in [1.807, 2.05) is 0 Å². The van der Waals surface area contributed by atoms with Crippen LogP contribution in [0.2, 0.25) is 0 Å². The molecule has 0 saturated carbocycles. The number of rotatable bonds is 7. The third-order valence-corrected chi connectivity index (χ3v) is 3.26. The highest BCUT2D eigenvalue weighted by Gasteiger charge is 2.07. The molecule has 1 heterocycles. The first-order chi connectivity index (χ1) is 10.7. The molecule has 1 aromatic heterocycles. The van der Waals surface area contributed by atoms with Gasteiger partial charge in [-0.1, -0.05) is 31.5 Å². The maximum Gasteiger partial charge on any atom is 0.251 e. The molecule has 22 heavy (non-hydrogen) atoms. The number of nitrogens with one attached hydrogen (secondary N) is 2. The van der Waals surface area contributed by atoms with Crippen LogP contribution in [0.1, 0.15) is 35.7 Å². The van der Waals surface area contributed by atoms with Gasteiger partial charge in [0.1, 0.15) is 11.6 Å². The molecule has 2 N–H and O–H groups in total. The van der Waals surface area contributed by atoms with Crippen molar-refractivity contribution in [2.45, 2.75) is 26.3 Å². The minimum absolute atomic E-state index is 0.121. The first-order valence-corrected chi connectivity index (χ1v) is 7.42. The van der Waals surface area contributed by atoms with Crippen molar-refractivity contribution < 1.29 is 9.18 Å². The van der Waals surface area contributed by atoms with E-state index >= 15 is 0 Å². The molecule has 4 nitrogen and oxygen atoms in total. The van der Waals surface area contributed by atoms with Gasteiger partial charge in [-0.2, -0.15) is 0 Å². The van der Waals surface area contributed by atoms with Gasteiger partial charge in [0.15, 0.2) is 0 Å². The lowest BCUT2D eigenvalue weighted by Gasteiger charge is -2.08. The van der Waals surface area contributed by atoms with Gasteiger partial charge in [-0.3, -0.25) is 4.79 Å². The average molecular weight is 301 g/mol. The van der Waals surface area contributed by atoms with E-state index in [1.165, 1.54) is 6.07 Å². The fraction of sp³-hybridized carbons (Fsp3) is 0.294. The molecule has 0 bridgehead atoms. The second-order valence-corrected chi connectivity index (χ2v) is 4.98. The third-order valence-electron chi connectivity index (χ3n) is 3.26. The van der Waals surface area contributed by atoms with E-state index in [0.29, 0.717) is 30.0 Å². The van der Waals surface area contributed by atoms with Crippen molar-refractivity contribution >= 4 is 11.7 Å². The fourth-order valence-corrected chi connectivity index (χ4v) is 1.98. The van der Waals surface area contributed by atoms with Gasteiger partial charge in [-0.05, 0) is 24.6 Å². The zero-order valence-corrected chi connectivity index (χ0v) is 12.6. The largest absolute Gasteiger partial charge is 0.366 e. The molecule has 2 aromatic rings. The summed E-state index contributed by atoms with van der Waals surface area (Å²) in [6.07, 6.45) is 3.56. The Balaban J connectivity index is 1.96. The van der Waals surface area contributed by atoms with E-state index in [4.69, 9.17) is 0 Å². The van der Waals surface area contributed by atoms with Gasteiger partial charge in [0.05, 0.1) is 0 Å². The quantitative estimate of drug-likeness (QED) is 0.771. The summed E-state index contributed by atoms with van der Waals surface area (Å²) < 4.78 is 13.5. The molecule has 1 amide bonds. The Kier molecular flexibility index (Phi) is 5.89. The van der Waals surface area contributed by atoms with E-state index in [-0.39, 0.29) is 11.7 Å². The van der Waals surface area contributed by atoms with Crippen LogP contribution in [-0.2, 0) is 6.54 Å². The van der Waals surface area contributed by atoms with Crippen molar-refractivity contribution in [3.05, 3.63) is 59.5 Å². The minimum atomic E-state index is -0.261. The number of carbonyl (C=O) groups excluding carboxylic acids is 1. The van der Waals surface area contributed by atoms with Crippen LogP contribution < -0.4 is 10.6 Å². The van der Waals surface area contributed by atoms with Crippen molar-refractivity contribution in [2.75, 3.05) is 11.9 Å². The summed E-state index contributed by atoms with van der Waals surface area (Å²) in [4.78, 5) is 16.1. The number of pyridine rings is 1. The number of unbranched alkanes of at least 4 members (excludes halogenated alkanes) is 1. The van der Waals surface area contributed by atoms with E-state index in [2.05, 4.69) is 22.5 Å². The summed E-state index contributed by atoms with van der Waals surface area (Å²) >= 11 is 0. The van der Waals surface area contributed by atoms with Crippen LogP contribution in [-0.4, -0.2) is 17.4 Å². The number of halogens is 1. The summed E-state index contributed by atoms with van der Waals surface area (Å²) in [5.41, 5.74) is 1.10. The maximum absolute atomic E-state index is 13.5. The molecule has 1 aromatic carbocycles. The predicted molar refractivity (Wildman–Crippen MR) is 85.2 cm³/mol. The first-order valence-electron chi connectivity index (χ1n) is 7.42. The summed E-state index contributed by atoms with van der Waals surface area (Å²) in [6.45, 7) is 3.06. The van der Waals surface area contributed by atoms with E-state index in [1.54, 1.807) is 36.5 Å². The number of nitrogens with zero attached hydrogens (tertiary/aromatic N) is 1. The van der Waals surface area contributed by atoms with Gasteiger partial charge in [-0.25, -0.2) is 9.37 Å². The average Bonchev–Trinajstić information content (AvgIpc) is 2.54. The number of hydrogen-bond acceptors (Lipinski definition) is 3. The van der Waals surface area contributed by atoms with Crippen molar-refractivity contribution in [1.82, 2.24) is 10.3 Å². The lowest BCUT2D eigenvalue weighted by Crippen LogP contribution is -2.24. The molecule has 0 aliphatic carbocycles. The number of anilines is 1. The Morgan fingerprint density at radius 2 is 2.09 bits per heavy atom. The van der Waals surface area contributed by atoms with E-state index < -0.39 is 0 Å². The van der Waals surface area contributed by atoms with Crippen LogP contribution in [0.15, 0.2) is 42.6 Å². The Morgan fingerprint density at radius 3 is 2.86 bits per heavy atom. The molecule has 0 unspecified atom stereocenters. The molecule has 0 aliphatic rings. The smallest absolute Gasteiger partial charge is 0.251 e. The number of aromatic nitrogens is 1. The van der Waals surface area contributed by atoms with E-state index in [9.17, 15) is 9.18 Å². The Hall–Kier alpha value is -2.43. The first kappa shape index (κ1) is 15.9. The number of hydrogen-bond donors (Lipinski definition) is 2. The Labute approximate surface area is 129 Å². The van der Waals surface area contributed by atoms with Crippen molar-refractivity contribution in [1.29, 1.82) is 0 Å². The van der Waals surface area contributed by atoms with Crippen LogP contribution in [0.4, 0.5) is 10.2 Å². The highest BCUT2D eigenvalue weighted by atomic mass is 19.1. The molecule has 2 rings (SSSR count). The molecule has 0 radical (unpaired) electrons. The van der Waals surface area contributed by atoms with Gasteiger partial charge in [0.25, 0.3) is 5.91 Å². The monoisotopic (exact) mass is 301 g/mol. The maximum atomic E-state index is 13.5. The van der Waals surface area contributed by atoms with Crippen molar-refractivity contribution in [3.63, 3.8) is 0 Å². The lowest BCUT2D eigenvalue weighted by molar-refractivity contribution is 0.0953. The second kappa shape index (κ2) is 8.12. The van der Waals surface area contributed by atoms with Gasteiger partial charge in [-0.15, -0.1) is 0 Å². The molecule has 116 valence electrons. The normalized spacial score (nSPS) is 10.3. The number of carbonyl (C=O) groups is 1. The standard InChI is InChI=1S/C17H20FN3O/c1-2-3-9-20-17(22)13-8-10-19-16(11-13)21-12-14-6-4-5-7-15(14)18/h4-8,10-11H,2-3,9,12H2,1H3,(H,19,21)(H,20,22). The fourth-order valence-electron chi connectivity index (χ4n) is 1.98. The van der Waals surface area contributed by atoms with Crippen LogP contribution in [0.5, 0.6) is 0 Å². The van der Waals surface area contributed by atoms with Crippen LogP contribution >= 0.6 is 0 Å². The molecule has 0 atom stereocenters. The molecular formula is C17H20FN3O. The second-order valence-electron chi connectivity index (χ2n) is 4.98. The Morgan fingerprint density at radius 1 is 1.27 bits per heavy atom. The Bertz CT molecular complexity index is 631. The minimum Gasteiger partial charge on any atom is -0.366 e. The molecule has 0 spiro atoms. The third kappa shape index (κ3) is 4.55. The SMILES string of the molecule is CCCCNC(=O)c1ccnc(NCc2ccccc2F)c1. The summed E-state index contributed by atoms with van der Waals surface area (Å²) in [6, 6.07) is 9.90. The molecule has 0 aliphatic heterocycles. The van der Waals surface area contributed by atoms with Crippen LogP contribution in [0.25, 0.3) is 0 Å². The van der Waals surface area contributed by atoms with Crippen LogP contribution in [0, 0.1) is 5.82 Å². The van der Waals surface area contributed by atoms with Crippen molar-refractivity contribution in [3.8, 4) is 0 Å². The molecule has 0 fully saturated rings. The highest BCUT2D eigenvalue weighted by Crippen LogP contribution is 2.11. The number of amides is 1. The van der Waals surface area contributed by atoms with Gasteiger partial charge in [0.2, 0.25) is 0 Å². The van der Waals surface area contributed by atoms with Gasteiger partial charge < -0.3 is 10.6 Å². The summed E-state index contributed by atoms with van der Waals surface area (Å²) in [5.74, 6) is 0.166. The lowest BCUT2D eigenvalue weighted by atomic mass is 10.2. The zero-order valence-electron chi connectivity index (χ0n) is 12.6. The van der Waals surface area contributed by atoms with Gasteiger partial charge >= 0.3 is 0 Å². The molecule has 0 saturated heterocycles. The highest BCUT2D eigenvalue weighted by molar-refractivity contribution is 5.94.